The molecule has 0 aliphatic carbocycles. The lowest BCUT2D eigenvalue weighted by Crippen LogP contribution is -2.26. The molecule has 0 spiro atoms. The zero-order valence-electron chi connectivity index (χ0n) is 29.7. The summed E-state index contributed by atoms with van der Waals surface area (Å²) >= 11 is 0. The lowest BCUT2D eigenvalue weighted by Gasteiger charge is -2.13. The summed E-state index contributed by atoms with van der Waals surface area (Å²) in [5, 5.41) is 10.9. The molecule has 6 aromatic rings. The zero-order valence-corrected chi connectivity index (χ0v) is 29.7. The standard InChI is InChI=1S/C21H17F2N7O4.C7H8F2N2O.C7H4F2N2O/c1-30-10-11(4-5-14(30)31)15-16(20-26-7-8-33-20)29-18(24)17(28-15)19(32)27-9-12-13(34-21(22)23)3-2-6-25-12;2*8-7(9)12-6-2-1-3-11-5(6)4-10/h2-8,10,21H,9H2,1H3,(H2,24,29)(H,27,32);1-3,7H,4,10H2;1-3,7H. The number of nitrogens with zero attached hydrogens (tertiary/aromatic N) is 8. The fraction of sp³-hybridized carbons (Fsp3) is 0.171. The van der Waals surface area contributed by atoms with Crippen LogP contribution in [0.1, 0.15) is 27.6 Å². The monoisotopic (exact) mass is 813 g/mol. The zero-order chi connectivity index (χ0) is 42.2. The number of pyridine rings is 4. The molecule has 0 aliphatic rings. The van der Waals surface area contributed by atoms with Crippen molar-refractivity contribution in [3.05, 3.63) is 119 Å². The summed E-state index contributed by atoms with van der Waals surface area (Å²) in [6.45, 7) is -8.96. The van der Waals surface area contributed by atoms with E-state index in [1.165, 1.54) is 90.3 Å². The van der Waals surface area contributed by atoms with Crippen molar-refractivity contribution in [2.45, 2.75) is 32.9 Å². The normalized spacial score (nSPS) is 10.5. The molecule has 0 radical (unpaired) electrons. The quantitative estimate of drug-likeness (QED) is 0.142. The van der Waals surface area contributed by atoms with Gasteiger partial charge in [-0.1, -0.05) is 0 Å². The Balaban J connectivity index is 0.000000252. The molecule has 0 unspecified atom stereocenters. The van der Waals surface area contributed by atoms with E-state index in [1.807, 2.05) is 0 Å². The number of aryl methyl sites for hydroxylation is 1. The second-order valence-electron chi connectivity index (χ2n) is 10.7. The van der Waals surface area contributed by atoms with E-state index in [1.54, 1.807) is 13.1 Å². The van der Waals surface area contributed by atoms with Gasteiger partial charge in [-0.3, -0.25) is 19.6 Å². The van der Waals surface area contributed by atoms with Crippen molar-refractivity contribution in [1.29, 1.82) is 5.26 Å². The van der Waals surface area contributed by atoms with E-state index in [2.05, 4.69) is 49.4 Å². The molecule has 5 N–H and O–H groups in total. The number of anilines is 1. The summed E-state index contributed by atoms with van der Waals surface area (Å²) < 4.78 is 91.3. The third kappa shape index (κ3) is 12.2. The largest absolute Gasteiger partial charge is 0.443 e. The molecule has 1 amide bonds. The lowest BCUT2D eigenvalue weighted by molar-refractivity contribution is -0.0514. The number of rotatable bonds is 12. The van der Waals surface area contributed by atoms with Gasteiger partial charge >= 0.3 is 19.8 Å². The first-order valence-corrected chi connectivity index (χ1v) is 16.1. The highest BCUT2D eigenvalue weighted by atomic mass is 19.3. The van der Waals surface area contributed by atoms with Crippen LogP contribution in [0.15, 0.2) is 95.0 Å². The van der Waals surface area contributed by atoms with Crippen LogP contribution in [0.4, 0.5) is 32.2 Å². The molecule has 0 saturated carbocycles. The van der Waals surface area contributed by atoms with Crippen molar-refractivity contribution in [2.75, 3.05) is 5.73 Å². The fourth-order valence-electron chi connectivity index (χ4n) is 4.49. The van der Waals surface area contributed by atoms with Crippen molar-refractivity contribution in [3.8, 4) is 46.2 Å². The molecule has 0 aromatic carbocycles. The van der Waals surface area contributed by atoms with Crippen molar-refractivity contribution >= 4 is 11.7 Å². The Morgan fingerprint density at radius 1 is 0.828 bits per heavy atom. The van der Waals surface area contributed by atoms with Crippen LogP contribution < -0.4 is 36.6 Å². The van der Waals surface area contributed by atoms with Gasteiger partial charge in [0.1, 0.15) is 35.2 Å². The van der Waals surface area contributed by atoms with Crippen LogP contribution in [0.2, 0.25) is 0 Å². The highest BCUT2D eigenvalue weighted by Crippen LogP contribution is 2.29. The number of ether oxygens (including phenoxy) is 3. The summed E-state index contributed by atoms with van der Waals surface area (Å²) in [6, 6.07) is 12.8. The van der Waals surface area contributed by atoms with E-state index in [0.717, 1.165) is 0 Å². The van der Waals surface area contributed by atoms with Crippen molar-refractivity contribution in [3.63, 3.8) is 0 Å². The molecule has 6 heterocycles. The number of nitrogens with one attached hydrogen (secondary N) is 1. The molecule has 6 aromatic heterocycles. The average Bonchev–Trinajstić information content (AvgIpc) is 3.74. The van der Waals surface area contributed by atoms with Gasteiger partial charge in [0.2, 0.25) is 11.4 Å². The number of aromatic nitrogens is 7. The Labute approximate surface area is 322 Å². The number of nitrogens with two attached hydrogens (primary N) is 2. The van der Waals surface area contributed by atoms with Gasteiger partial charge in [0.05, 0.1) is 18.4 Å². The fourth-order valence-corrected chi connectivity index (χ4v) is 4.49. The Morgan fingerprint density at radius 3 is 1.98 bits per heavy atom. The highest BCUT2D eigenvalue weighted by molar-refractivity contribution is 5.97. The molecule has 0 atom stereocenters. The van der Waals surface area contributed by atoms with Gasteiger partial charge in [-0.25, -0.2) is 19.9 Å². The third-order valence-corrected chi connectivity index (χ3v) is 6.96. The number of alkyl halides is 6. The number of nitriles is 1. The highest BCUT2D eigenvalue weighted by Gasteiger charge is 2.23. The predicted molar refractivity (Wildman–Crippen MR) is 189 cm³/mol. The molecule has 0 saturated heterocycles. The maximum atomic E-state index is 12.9. The number of halogens is 6. The minimum atomic E-state index is -3.05. The number of hydrogen-bond donors (Lipinski definition) is 3. The van der Waals surface area contributed by atoms with Crippen LogP contribution >= 0.6 is 0 Å². The maximum Gasteiger partial charge on any atom is 0.387 e. The minimum Gasteiger partial charge on any atom is -0.443 e. The van der Waals surface area contributed by atoms with Crippen molar-refractivity contribution < 1.29 is 49.8 Å². The van der Waals surface area contributed by atoms with Gasteiger partial charge in [-0.2, -0.15) is 31.6 Å². The van der Waals surface area contributed by atoms with Crippen molar-refractivity contribution in [1.82, 2.24) is 39.8 Å². The molecule has 58 heavy (non-hydrogen) atoms. The lowest BCUT2D eigenvalue weighted by atomic mass is 10.1. The number of amides is 1. The van der Waals surface area contributed by atoms with Crippen LogP contribution in [0.3, 0.4) is 0 Å². The first-order chi connectivity index (χ1) is 27.8. The number of hydrogen-bond acceptors (Lipinski definition) is 15. The van der Waals surface area contributed by atoms with E-state index < -0.39 is 25.7 Å². The number of carbonyl (C=O) groups excluding carboxylic acids is 1. The first kappa shape index (κ1) is 43.1. The molecule has 302 valence electrons. The molecule has 0 aliphatic heterocycles. The van der Waals surface area contributed by atoms with E-state index in [9.17, 15) is 35.9 Å². The predicted octanol–water partition coefficient (Wildman–Crippen LogP) is 4.70. The van der Waals surface area contributed by atoms with E-state index in [4.69, 9.17) is 21.1 Å². The summed E-state index contributed by atoms with van der Waals surface area (Å²) in [4.78, 5) is 48.6. The first-order valence-electron chi connectivity index (χ1n) is 16.1. The van der Waals surface area contributed by atoms with Gasteiger partial charge in [0.15, 0.2) is 28.6 Å². The molecule has 0 fully saturated rings. The molecular weight excluding hydrogens is 784 g/mol. The van der Waals surface area contributed by atoms with E-state index in [-0.39, 0.29) is 76.1 Å². The molecule has 17 nitrogen and oxygen atoms in total. The van der Waals surface area contributed by atoms with Gasteiger partial charge in [0, 0.05) is 50.0 Å². The van der Waals surface area contributed by atoms with Crippen molar-refractivity contribution in [2.24, 2.45) is 12.8 Å². The van der Waals surface area contributed by atoms with Crippen LogP contribution in [0.5, 0.6) is 17.2 Å². The van der Waals surface area contributed by atoms with E-state index in [0.29, 0.717) is 11.3 Å². The number of carbonyl (C=O) groups is 1. The van der Waals surface area contributed by atoms with Crippen LogP contribution in [-0.2, 0) is 20.1 Å². The Hall–Kier alpha value is -7.61. The molecule has 6 rings (SSSR count). The Morgan fingerprint density at radius 2 is 1.41 bits per heavy atom. The smallest absolute Gasteiger partial charge is 0.387 e. The second kappa shape index (κ2) is 20.9. The average molecular weight is 814 g/mol. The van der Waals surface area contributed by atoms with Crippen LogP contribution in [-0.4, -0.2) is 60.2 Å². The van der Waals surface area contributed by atoms with Gasteiger partial charge in [-0.15, -0.1) is 0 Å². The Bertz CT molecular complexity index is 2380. The van der Waals surface area contributed by atoms with Gasteiger partial charge in [0.25, 0.3) is 5.91 Å². The van der Waals surface area contributed by atoms with Gasteiger partial charge in [-0.05, 0) is 42.5 Å². The minimum absolute atomic E-state index is 0.0370. The third-order valence-electron chi connectivity index (χ3n) is 6.96. The summed E-state index contributed by atoms with van der Waals surface area (Å²) in [5.41, 5.74) is 11.8. The van der Waals surface area contributed by atoms with Crippen LogP contribution in [0, 0.1) is 11.3 Å². The summed E-state index contributed by atoms with van der Waals surface area (Å²) in [7, 11) is 1.56. The van der Waals surface area contributed by atoms with Gasteiger partial charge < -0.3 is 40.0 Å². The van der Waals surface area contributed by atoms with E-state index >= 15 is 0 Å². The molecule has 23 heteroatoms. The topological polar surface area (TPSA) is 245 Å². The summed E-state index contributed by atoms with van der Waals surface area (Å²) in [5.74, 6) is -1.18. The SMILES string of the molecule is Cn1cc(-c2nc(C(=O)NCc3ncccc3OC(F)F)c(N)nc2-c2ncco2)ccc1=O.N#Cc1ncccc1OC(F)F.NCc1ncccc1OC(F)F. The Kier molecular flexibility index (Phi) is 15.5. The maximum absolute atomic E-state index is 12.9. The molecular formula is C35H29F6N11O6. The summed E-state index contributed by atoms with van der Waals surface area (Å²) in [6.07, 6.45) is 8.43. The number of nitrogen functional groups attached to an aromatic ring is 1. The van der Waals surface area contributed by atoms with Crippen LogP contribution in [0.25, 0.3) is 22.8 Å². The molecule has 0 bridgehead atoms. The number of oxazole rings is 1. The second-order valence-corrected chi connectivity index (χ2v) is 10.7.